The molecule has 0 radical (unpaired) electrons. The molecular formula is C29H29F8N3O6S2. The van der Waals surface area contributed by atoms with Gasteiger partial charge < -0.3 is 15.5 Å². The summed E-state index contributed by atoms with van der Waals surface area (Å²) in [7, 11) is -8.27. The molecular weight excluding hydrogens is 702 g/mol. The zero-order chi connectivity index (χ0) is 35.7. The van der Waals surface area contributed by atoms with Gasteiger partial charge in [-0.25, -0.2) is 30.4 Å². The lowest BCUT2D eigenvalue weighted by atomic mass is 9.77. The summed E-state index contributed by atoms with van der Waals surface area (Å²) in [4.78, 5) is 26.2. The van der Waals surface area contributed by atoms with Crippen molar-refractivity contribution in [2.75, 3.05) is 18.1 Å². The third-order valence-corrected chi connectivity index (χ3v) is 13.6. The number of halogens is 8. The van der Waals surface area contributed by atoms with E-state index in [0.717, 1.165) is 36.1 Å². The first-order valence-corrected chi connectivity index (χ1v) is 17.9. The predicted octanol–water partition coefficient (Wildman–Crippen LogP) is 4.21. The summed E-state index contributed by atoms with van der Waals surface area (Å²) in [5.74, 6) is -2.17. The highest BCUT2D eigenvalue weighted by atomic mass is 32.2. The number of aryl methyl sites for hydroxylation is 1. The molecule has 2 aromatic carbocycles. The van der Waals surface area contributed by atoms with E-state index in [-0.39, 0.29) is 48.8 Å². The average Bonchev–Trinajstić information content (AvgIpc) is 3.38. The van der Waals surface area contributed by atoms with E-state index < -0.39 is 101 Å². The molecule has 2 unspecified atom stereocenters. The van der Waals surface area contributed by atoms with Crippen molar-refractivity contribution in [1.82, 2.24) is 15.5 Å². The number of likely N-dealkylation sites (tertiary alicyclic amines) is 1. The molecule has 3 aliphatic rings. The van der Waals surface area contributed by atoms with Crippen molar-refractivity contribution < 1.29 is 61.5 Å². The van der Waals surface area contributed by atoms with Crippen LogP contribution in [-0.2, 0) is 41.3 Å². The van der Waals surface area contributed by atoms with Crippen LogP contribution < -0.4 is 10.6 Å². The molecule has 3 amide bonds. The lowest BCUT2D eigenvalue weighted by Crippen LogP contribution is -2.61. The molecule has 2 heterocycles. The Morgan fingerprint density at radius 3 is 2.12 bits per heavy atom. The summed E-state index contributed by atoms with van der Waals surface area (Å²) < 4.78 is 162. The van der Waals surface area contributed by atoms with E-state index in [1.807, 2.05) is 0 Å². The number of hydrogen-bond donors (Lipinski definition) is 2. The maximum Gasteiger partial charge on any atom is 0.435 e. The first kappa shape index (κ1) is 35.8. The Kier molecular flexibility index (Phi) is 8.83. The van der Waals surface area contributed by atoms with Crippen LogP contribution >= 0.6 is 0 Å². The highest BCUT2D eigenvalue weighted by molar-refractivity contribution is 7.92. The number of nitrogens with one attached hydrogen (secondary N) is 2. The largest absolute Gasteiger partial charge is 0.435 e. The van der Waals surface area contributed by atoms with Crippen LogP contribution in [-0.4, -0.2) is 82.2 Å². The van der Waals surface area contributed by atoms with Crippen LogP contribution in [0.1, 0.15) is 42.9 Å². The van der Waals surface area contributed by atoms with Crippen LogP contribution in [0.25, 0.3) is 0 Å². The topological polar surface area (TPSA) is 130 Å². The van der Waals surface area contributed by atoms with Gasteiger partial charge in [0.05, 0.1) is 34.5 Å². The molecule has 2 aliphatic heterocycles. The van der Waals surface area contributed by atoms with E-state index in [4.69, 9.17) is 0 Å². The molecule has 9 nitrogen and oxygen atoms in total. The lowest BCUT2D eigenvalue weighted by molar-refractivity contribution is -0.348. The molecule has 19 heteroatoms. The minimum absolute atomic E-state index is 0.0917. The highest BCUT2D eigenvalue weighted by Gasteiger charge is 2.74. The summed E-state index contributed by atoms with van der Waals surface area (Å²) in [5, 5.41) is 5.13. The number of alkyl halides is 7. The SMILES string of the molecule is CC(=O)NC1CS(=O)(=O)CCC1NC(=O)N1CC[C@@]2(S(=O)(=O)c3ccc(F)cc3)c3ccc(C(F)(C(F)(F)F)C(F)(F)F)cc3CC[C@@H]12. The Morgan fingerprint density at radius 2 is 1.54 bits per heavy atom. The predicted molar refractivity (Wildman–Crippen MR) is 153 cm³/mol. The minimum Gasteiger partial charge on any atom is -0.351 e. The van der Waals surface area contributed by atoms with Gasteiger partial charge in [0, 0.05) is 19.0 Å². The van der Waals surface area contributed by atoms with E-state index in [9.17, 15) is 57.2 Å². The van der Waals surface area contributed by atoms with Gasteiger partial charge in [0.2, 0.25) is 5.91 Å². The number of urea groups is 1. The monoisotopic (exact) mass is 731 g/mol. The summed E-state index contributed by atoms with van der Waals surface area (Å²) in [5.41, 5.74) is -8.11. The third-order valence-electron chi connectivity index (χ3n) is 9.29. The second-order valence-corrected chi connectivity index (χ2v) is 16.6. The molecule has 264 valence electrons. The number of sulfone groups is 2. The molecule has 48 heavy (non-hydrogen) atoms. The molecule has 4 atom stereocenters. The van der Waals surface area contributed by atoms with Crippen LogP contribution in [0, 0.1) is 5.82 Å². The normalized spacial score (nSPS) is 25.9. The van der Waals surface area contributed by atoms with Crippen molar-refractivity contribution in [3.8, 4) is 0 Å². The summed E-state index contributed by atoms with van der Waals surface area (Å²) in [6.07, 6.45) is -14.0. The van der Waals surface area contributed by atoms with Crippen LogP contribution in [0.4, 0.5) is 39.9 Å². The standard InChI is InChI=1S/C29H29F8N3O6S2/c1-16(41)38-23-15-47(43,44)13-10-22(23)39-25(42)40-12-11-26(48(45,46)20-6-4-19(30)5-7-20)21-8-3-18(14-17(21)2-9-24(26)40)27(31,28(32,33)34)29(35,36)37/h3-8,14,22-24H,2,9-13,15H2,1H3,(H,38,41)(H,39,42)/t22?,23?,24-,26-/m1/s1. The van der Waals surface area contributed by atoms with Crippen LogP contribution in [0.15, 0.2) is 47.4 Å². The van der Waals surface area contributed by atoms with Gasteiger partial charge in [-0.15, -0.1) is 0 Å². The van der Waals surface area contributed by atoms with Gasteiger partial charge in [0.15, 0.2) is 19.7 Å². The average molecular weight is 732 g/mol. The third kappa shape index (κ3) is 5.79. The van der Waals surface area contributed by atoms with E-state index >= 15 is 4.39 Å². The fourth-order valence-corrected chi connectivity index (χ4v) is 11.1. The van der Waals surface area contributed by atoms with Crippen LogP contribution in [0.5, 0.6) is 0 Å². The number of nitrogens with zero attached hydrogens (tertiary/aromatic N) is 1. The first-order valence-electron chi connectivity index (χ1n) is 14.6. The summed E-state index contributed by atoms with van der Waals surface area (Å²) in [6, 6.07) is 0.788. The highest BCUT2D eigenvalue weighted by Crippen LogP contribution is 2.56. The quantitative estimate of drug-likeness (QED) is 0.351. The Bertz CT molecular complexity index is 1820. The smallest absolute Gasteiger partial charge is 0.351 e. The van der Waals surface area contributed by atoms with Gasteiger partial charge >= 0.3 is 24.1 Å². The fraction of sp³-hybridized carbons (Fsp3) is 0.517. The lowest BCUT2D eigenvalue weighted by Gasteiger charge is -2.43. The first-order chi connectivity index (χ1) is 22.0. The van der Waals surface area contributed by atoms with Crippen molar-refractivity contribution in [2.45, 2.75) is 78.4 Å². The number of benzene rings is 2. The van der Waals surface area contributed by atoms with Crippen molar-refractivity contribution in [3.05, 3.63) is 65.0 Å². The van der Waals surface area contributed by atoms with Crippen molar-refractivity contribution in [2.24, 2.45) is 0 Å². The number of carbonyl (C=O) groups excluding carboxylic acids is 2. The number of rotatable bonds is 5. The van der Waals surface area contributed by atoms with E-state index in [2.05, 4.69) is 10.6 Å². The molecule has 0 bridgehead atoms. The molecule has 2 saturated heterocycles. The van der Waals surface area contributed by atoms with Gasteiger partial charge in [-0.05, 0) is 61.1 Å². The van der Waals surface area contributed by atoms with Gasteiger partial charge in [-0.2, -0.15) is 26.3 Å². The summed E-state index contributed by atoms with van der Waals surface area (Å²) >= 11 is 0. The van der Waals surface area contributed by atoms with E-state index in [1.165, 1.54) is 0 Å². The number of amides is 3. The number of hydrogen-bond acceptors (Lipinski definition) is 6. The van der Waals surface area contributed by atoms with Gasteiger partial charge in [0.1, 0.15) is 10.6 Å². The Hall–Kier alpha value is -3.48. The van der Waals surface area contributed by atoms with Gasteiger partial charge in [-0.1, -0.05) is 18.2 Å². The molecule has 0 aromatic heterocycles. The Labute approximate surface area is 269 Å². The van der Waals surface area contributed by atoms with E-state index in [1.54, 1.807) is 0 Å². The summed E-state index contributed by atoms with van der Waals surface area (Å²) in [6.45, 7) is 0.864. The molecule has 2 fully saturated rings. The Morgan fingerprint density at radius 1 is 0.917 bits per heavy atom. The second-order valence-electron chi connectivity index (χ2n) is 12.1. The van der Waals surface area contributed by atoms with Gasteiger partial charge in [-0.3, -0.25) is 4.79 Å². The van der Waals surface area contributed by atoms with Gasteiger partial charge in [0.25, 0.3) is 0 Å². The maximum absolute atomic E-state index is 15.0. The van der Waals surface area contributed by atoms with Crippen LogP contribution in [0.2, 0.25) is 0 Å². The Balaban J connectivity index is 1.59. The molecule has 0 saturated carbocycles. The zero-order valence-electron chi connectivity index (χ0n) is 25.0. The van der Waals surface area contributed by atoms with Crippen molar-refractivity contribution in [3.63, 3.8) is 0 Å². The van der Waals surface area contributed by atoms with Crippen LogP contribution in [0.3, 0.4) is 0 Å². The number of fused-ring (bicyclic) bond motifs is 3. The second kappa shape index (κ2) is 11.8. The molecule has 2 N–H and O–H groups in total. The van der Waals surface area contributed by atoms with E-state index in [0.29, 0.717) is 12.1 Å². The van der Waals surface area contributed by atoms with Crippen molar-refractivity contribution in [1.29, 1.82) is 0 Å². The van der Waals surface area contributed by atoms with Crippen molar-refractivity contribution >= 4 is 31.6 Å². The number of carbonyl (C=O) groups is 2. The maximum atomic E-state index is 15.0. The fourth-order valence-electron chi connectivity index (χ4n) is 7.10. The molecule has 5 rings (SSSR count). The molecule has 2 aromatic rings. The molecule has 1 aliphatic carbocycles. The zero-order valence-corrected chi connectivity index (χ0v) is 26.6. The minimum atomic E-state index is -6.41. The molecule has 0 spiro atoms.